The minimum absolute atomic E-state index is 0.00597. The number of anilines is 1. The first-order chi connectivity index (χ1) is 14.2. The molecular formula is C20H16F3N5O2. The van der Waals surface area contributed by atoms with Crippen LogP contribution in [0.5, 0.6) is 0 Å². The van der Waals surface area contributed by atoms with E-state index in [-0.39, 0.29) is 29.9 Å². The van der Waals surface area contributed by atoms with E-state index in [0.717, 1.165) is 4.57 Å². The predicted octanol–water partition coefficient (Wildman–Crippen LogP) is 3.33. The van der Waals surface area contributed by atoms with Gasteiger partial charge in [-0.1, -0.05) is 12.1 Å². The number of halogens is 3. The van der Waals surface area contributed by atoms with Gasteiger partial charge in [0.15, 0.2) is 0 Å². The maximum Gasteiger partial charge on any atom is 0.449 e. The highest BCUT2D eigenvalue weighted by molar-refractivity contribution is 5.93. The number of carbonyl (C=O) groups excluding carboxylic acids is 1. The van der Waals surface area contributed by atoms with Gasteiger partial charge in [-0.3, -0.25) is 14.2 Å². The summed E-state index contributed by atoms with van der Waals surface area (Å²) in [5, 5.41) is 3.08. The summed E-state index contributed by atoms with van der Waals surface area (Å²) in [4.78, 5) is 32.5. The number of aryl methyl sites for hydroxylation is 2. The van der Waals surface area contributed by atoms with Crippen molar-refractivity contribution >= 4 is 33.5 Å². The van der Waals surface area contributed by atoms with Gasteiger partial charge in [-0.15, -0.1) is 0 Å². The molecule has 0 unspecified atom stereocenters. The summed E-state index contributed by atoms with van der Waals surface area (Å²) in [5.41, 5.74) is 1.07. The number of hydrogen-bond donors (Lipinski definition) is 1. The number of rotatable bonds is 4. The van der Waals surface area contributed by atoms with Crippen LogP contribution in [0.25, 0.3) is 21.9 Å². The number of aromatic nitrogens is 4. The Labute approximate surface area is 167 Å². The summed E-state index contributed by atoms with van der Waals surface area (Å²) >= 11 is 0. The molecule has 0 aliphatic heterocycles. The van der Waals surface area contributed by atoms with Crippen molar-refractivity contribution in [2.75, 3.05) is 5.32 Å². The van der Waals surface area contributed by atoms with Crippen LogP contribution in [0.4, 0.5) is 18.9 Å². The second-order valence-electron chi connectivity index (χ2n) is 6.75. The van der Waals surface area contributed by atoms with Crippen molar-refractivity contribution in [2.45, 2.75) is 19.1 Å². The van der Waals surface area contributed by atoms with E-state index in [0.29, 0.717) is 22.1 Å². The van der Waals surface area contributed by atoms with Crippen LogP contribution in [0.3, 0.4) is 0 Å². The van der Waals surface area contributed by atoms with Crippen LogP contribution in [0.1, 0.15) is 12.2 Å². The van der Waals surface area contributed by atoms with Gasteiger partial charge < -0.3 is 9.88 Å². The maximum atomic E-state index is 13.0. The second-order valence-corrected chi connectivity index (χ2v) is 6.75. The minimum Gasteiger partial charge on any atom is -0.326 e. The number of amides is 1. The summed E-state index contributed by atoms with van der Waals surface area (Å²) in [6, 6.07) is 11.3. The fourth-order valence-electron chi connectivity index (χ4n) is 3.24. The molecule has 0 aliphatic rings. The van der Waals surface area contributed by atoms with Crippen LogP contribution in [-0.2, 0) is 24.6 Å². The van der Waals surface area contributed by atoms with Crippen molar-refractivity contribution in [2.24, 2.45) is 7.05 Å². The largest absolute Gasteiger partial charge is 0.449 e. The molecule has 4 rings (SSSR count). The molecule has 0 radical (unpaired) electrons. The number of fused-ring (bicyclic) bond motifs is 2. The van der Waals surface area contributed by atoms with Crippen molar-refractivity contribution in [3.63, 3.8) is 0 Å². The average molecular weight is 415 g/mol. The molecule has 0 atom stereocenters. The Morgan fingerprint density at radius 3 is 2.67 bits per heavy atom. The lowest BCUT2D eigenvalue weighted by atomic mass is 10.2. The van der Waals surface area contributed by atoms with E-state index < -0.39 is 12.0 Å². The van der Waals surface area contributed by atoms with Gasteiger partial charge in [0.2, 0.25) is 11.7 Å². The highest BCUT2D eigenvalue weighted by Crippen LogP contribution is 2.31. The number of benzene rings is 2. The van der Waals surface area contributed by atoms with E-state index in [1.54, 1.807) is 24.3 Å². The number of carbonyl (C=O) groups is 1. The van der Waals surface area contributed by atoms with E-state index >= 15 is 0 Å². The molecule has 1 amide bonds. The molecule has 0 bridgehead atoms. The molecule has 0 aliphatic carbocycles. The Hall–Kier alpha value is -3.69. The van der Waals surface area contributed by atoms with E-state index in [1.807, 2.05) is 0 Å². The Bertz CT molecular complexity index is 1320. The van der Waals surface area contributed by atoms with E-state index in [4.69, 9.17) is 0 Å². The molecule has 0 saturated carbocycles. The van der Waals surface area contributed by atoms with E-state index in [2.05, 4.69) is 15.3 Å². The molecule has 30 heavy (non-hydrogen) atoms. The topological polar surface area (TPSA) is 81.8 Å². The molecule has 7 nitrogen and oxygen atoms in total. The van der Waals surface area contributed by atoms with Gasteiger partial charge in [0, 0.05) is 25.7 Å². The molecule has 0 fully saturated rings. The number of nitrogens with one attached hydrogen (secondary N) is 1. The summed E-state index contributed by atoms with van der Waals surface area (Å²) in [7, 11) is 1.28. The second kappa shape index (κ2) is 7.29. The highest BCUT2D eigenvalue weighted by Gasteiger charge is 2.36. The molecule has 10 heteroatoms. The Morgan fingerprint density at radius 1 is 1.13 bits per heavy atom. The van der Waals surface area contributed by atoms with Gasteiger partial charge in [0.25, 0.3) is 5.56 Å². The van der Waals surface area contributed by atoms with Crippen LogP contribution >= 0.6 is 0 Å². The molecule has 1 N–H and O–H groups in total. The van der Waals surface area contributed by atoms with Crippen LogP contribution in [0, 0.1) is 0 Å². The zero-order valence-electron chi connectivity index (χ0n) is 15.8. The van der Waals surface area contributed by atoms with Gasteiger partial charge in [-0.2, -0.15) is 13.2 Å². The smallest absolute Gasteiger partial charge is 0.326 e. The fourth-order valence-corrected chi connectivity index (χ4v) is 3.24. The normalized spacial score (nSPS) is 11.9. The van der Waals surface area contributed by atoms with Gasteiger partial charge in [-0.25, -0.2) is 9.97 Å². The van der Waals surface area contributed by atoms with Gasteiger partial charge in [0.1, 0.15) is 0 Å². The molecule has 2 aromatic carbocycles. The number of alkyl halides is 3. The third kappa shape index (κ3) is 3.63. The predicted molar refractivity (Wildman–Crippen MR) is 105 cm³/mol. The lowest BCUT2D eigenvalue weighted by molar-refractivity contribution is -0.146. The Kier molecular flexibility index (Phi) is 4.76. The molecule has 4 aromatic rings. The first kappa shape index (κ1) is 19.6. The van der Waals surface area contributed by atoms with Crippen molar-refractivity contribution in [1.82, 2.24) is 19.1 Å². The Morgan fingerprint density at radius 2 is 1.90 bits per heavy atom. The monoisotopic (exact) mass is 415 g/mol. The summed E-state index contributed by atoms with van der Waals surface area (Å²) in [5.74, 6) is -1.40. The standard InChI is InChI=1S/C20H16F3N5O2/c1-27-16-7-6-12(10-15(16)26-19(27)20(21,22)23)25-17(29)8-9-28-11-24-14-5-3-2-4-13(14)18(28)30/h2-7,10-11H,8-9H2,1H3,(H,25,29). The van der Waals surface area contributed by atoms with Gasteiger partial charge >= 0.3 is 6.18 Å². The van der Waals surface area contributed by atoms with Crippen molar-refractivity contribution in [3.8, 4) is 0 Å². The third-order valence-corrected chi connectivity index (χ3v) is 4.73. The quantitative estimate of drug-likeness (QED) is 0.554. The van der Waals surface area contributed by atoms with Crippen LogP contribution in [-0.4, -0.2) is 25.0 Å². The molecule has 2 aromatic heterocycles. The average Bonchev–Trinajstić information content (AvgIpc) is 3.04. The lowest BCUT2D eigenvalue weighted by Crippen LogP contribution is -2.23. The van der Waals surface area contributed by atoms with Crippen molar-refractivity contribution in [3.05, 3.63) is 65.0 Å². The molecule has 0 spiro atoms. The lowest BCUT2D eigenvalue weighted by Gasteiger charge is -2.08. The highest BCUT2D eigenvalue weighted by atomic mass is 19.4. The molecule has 2 heterocycles. The SMILES string of the molecule is Cn1c(C(F)(F)F)nc2cc(NC(=O)CCn3cnc4ccccc4c3=O)ccc21. The van der Waals surface area contributed by atoms with Crippen LogP contribution in [0.15, 0.2) is 53.6 Å². The molecule has 154 valence electrons. The zero-order valence-corrected chi connectivity index (χ0v) is 15.8. The Balaban J connectivity index is 1.48. The first-order valence-corrected chi connectivity index (χ1v) is 9.02. The molecular weight excluding hydrogens is 399 g/mol. The third-order valence-electron chi connectivity index (χ3n) is 4.73. The van der Waals surface area contributed by atoms with Gasteiger partial charge in [0.05, 0.1) is 28.3 Å². The first-order valence-electron chi connectivity index (χ1n) is 9.02. The van der Waals surface area contributed by atoms with Gasteiger partial charge in [-0.05, 0) is 30.3 Å². The molecule has 0 saturated heterocycles. The summed E-state index contributed by atoms with van der Waals surface area (Å²) in [6.45, 7) is 0.118. The fraction of sp³-hybridized carbons (Fsp3) is 0.200. The number of imidazole rings is 1. The zero-order chi connectivity index (χ0) is 21.5. The number of para-hydroxylation sites is 1. The van der Waals surface area contributed by atoms with E-state index in [9.17, 15) is 22.8 Å². The summed E-state index contributed by atoms with van der Waals surface area (Å²) in [6.07, 6.45) is -3.19. The minimum atomic E-state index is -4.57. The van der Waals surface area contributed by atoms with Crippen molar-refractivity contribution in [1.29, 1.82) is 0 Å². The number of hydrogen-bond acceptors (Lipinski definition) is 4. The van der Waals surface area contributed by atoms with Crippen LogP contribution in [0.2, 0.25) is 0 Å². The number of nitrogens with zero attached hydrogens (tertiary/aromatic N) is 4. The maximum absolute atomic E-state index is 13.0. The summed E-state index contributed by atoms with van der Waals surface area (Å²) < 4.78 is 41.3. The van der Waals surface area contributed by atoms with Crippen molar-refractivity contribution < 1.29 is 18.0 Å². The van der Waals surface area contributed by atoms with E-state index in [1.165, 1.54) is 36.1 Å². The van der Waals surface area contributed by atoms with Crippen LogP contribution < -0.4 is 10.9 Å².